The molecule has 0 amide bonds. The maximum Gasteiger partial charge on any atom is 2.00 e. The number of benzene rings is 4. The Balaban J connectivity index is 0.000000266. The van der Waals surface area contributed by atoms with Crippen LogP contribution in [0.3, 0.4) is 0 Å². The minimum Gasteiger partial charge on any atom is -0.497 e. The third-order valence-corrected chi connectivity index (χ3v) is 6.07. The van der Waals surface area contributed by atoms with Gasteiger partial charge in [-0.25, -0.2) is 28.6 Å². The number of pyridine rings is 2. The molecule has 54 heavy (non-hydrogen) atoms. The summed E-state index contributed by atoms with van der Waals surface area (Å²) in [6.07, 6.45) is 3.39. The Morgan fingerprint density at radius 2 is 0.907 bits per heavy atom. The van der Waals surface area contributed by atoms with E-state index in [9.17, 15) is 0 Å². The predicted octanol–water partition coefficient (Wildman–Crippen LogP) is 6.69. The number of halogens is 1. The SMILES string of the molecule is COc1ccc(N=C(C)[N-]c2ccc(OC)cc2)cc1.[O-][Cl+3]([O-])([O-])[O-].[Ru+2].c1ccc(N=Nc2ccccn2)cc1.c1ccc(N=Nc2ccccn2)cc1. The Morgan fingerprint density at radius 1 is 0.519 bits per heavy atom. The number of aliphatic imine (C=N–C) groups is 1. The predicted molar refractivity (Wildman–Crippen MR) is 191 cm³/mol. The van der Waals surface area contributed by atoms with Crippen LogP contribution in [0, 0.1) is 10.2 Å². The van der Waals surface area contributed by atoms with Crippen molar-refractivity contribution in [1.29, 1.82) is 0 Å². The first kappa shape index (κ1) is 44.4. The summed E-state index contributed by atoms with van der Waals surface area (Å²) in [5.74, 6) is 3.57. The Bertz CT molecular complexity index is 1780. The van der Waals surface area contributed by atoms with Crippen LogP contribution in [0.15, 0.2) is 183 Å². The molecule has 2 heterocycles. The second-order valence-corrected chi connectivity index (χ2v) is 10.7. The van der Waals surface area contributed by atoms with E-state index in [0.717, 1.165) is 34.2 Å². The fourth-order valence-electron chi connectivity index (χ4n) is 3.75. The van der Waals surface area contributed by atoms with Crippen LogP contribution in [0.2, 0.25) is 0 Å². The largest absolute Gasteiger partial charge is 2.00 e. The average molecular weight is 836 g/mol. The zero-order chi connectivity index (χ0) is 38.2. The van der Waals surface area contributed by atoms with Crippen molar-refractivity contribution < 1.29 is 57.8 Å². The van der Waals surface area contributed by atoms with Crippen molar-refractivity contribution >= 4 is 40.2 Å². The molecule has 0 saturated carbocycles. The molecule has 0 aliphatic rings. The van der Waals surface area contributed by atoms with E-state index in [1.54, 1.807) is 26.6 Å². The summed E-state index contributed by atoms with van der Waals surface area (Å²) >= 11 is 0. The van der Waals surface area contributed by atoms with Gasteiger partial charge in [-0.3, -0.25) is 0 Å². The average Bonchev–Trinajstić information content (AvgIpc) is 3.18. The third kappa shape index (κ3) is 20.3. The number of nitrogens with zero attached hydrogens (tertiary/aromatic N) is 8. The van der Waals surface area contributed by atoms with E-state index in [4.69, 9.17) is 28.1 Å². The van der Waals surface area contributed by atoms with E-state index < -0.39 is 10.2 Å². The number of amidine groups is 1. The number of azo groups is 2. The van der Waals surface area contributed by atoms with Gasteiger partial charge in [0.25, 0.3) is 0 Å². The summed E-state index contributed by atoms with van der Waals surface area (Å²) in [6.45, 7) is 1.87. The minimum absolute atomic E-state index is 0. The van der Waals surface area contributed by atoms with Crippen molar-refractivity contribution in [3.8, 4) is 11.5 Å². The molecule has 0 atom stereocenters. The zero-order valence-corrected chi connectivity index (χ0v) is 31.8. The molecular weight excluding hydrogens is 801 g/mol. The van der Waals surface area contributed by atoms with Gasteiger partial charge in [0.15, 0.2) is 11.6 Å². The van der Waals surface area contributed by atoms with Crippen LogP contribution in [0.4, 0.5) is 34.4 Å². The van der Waals surface area contributed by atoms with Crippen LogP contribution in [0.1, 0.15) is 6.92 Å². The summed E-state index contributed by atoms with van der Waals surface area (Å²) < 4.78 is 44.2. The van der Waals surface area contributed by atoms with E-state index in [1.807, 2.05) is 153 Å². The molecule has 0 fully saturated rings. The number of rotatable bonds is 8. The summed E-state index contributed by atoms with van der Waals surface area (Å²) in [7, 11) is -1.66. The molecule has 0 N–H and O–H groups in total. The summed E-state index contributed by atoms with van der Waals surface area (Å²) in [5.41, 5.74) is 3.36. The quantitative estimate of drug-likeness (QED) is 0.0695. The van der Waals surface area contributed by atoms with Gasteiger partial charge >= 0.3 is 19.5 Å². The number of methoxy groups -OCH3 is 2. The normalized spacial score (nSPS) is 10.7. The van der Waals surface area contributed by atoms with E-state index in [1.165, 1.54) is 0 Å². The molecule has 0 aliphatic carbocycles. The molecule has 0 saturated heterocycles. The molecule has 0 spiro atoms. The van der Waals surface area contributed by atoms with Crippen LogP contribution in [-0.2, 0) is 19.5 Å². The second-order valence-electron chi connectivity index (χ2n) is 9.99. The van der Waals surface area contributed by atoms with Crippen molar-refractivity contribution in [2.75, 3.05) is 14.2 Å². The number of aromatic nitrogens is 2. The molecule has 0 bridgehead atoms. The van der Waals surface area contributed by atoms with Gasteiger partial charge in [0, 0.05) is 12.4 Å². The molecule has 278 valence electrons. The van der Waals surface area contributed by atoms with Gasteiger partial charge < -0.3 is 19.8 Å². The topological polar surface area (TPSA) is 212 Å². The van der Waals surface area contributed by atoms with Crippen LogP contribution in [0.5, 0.6) is 11.5 Å². The maximum atomic E-state index is 8.49. The first-order valence-electron chi connectivity index (χ1n) is 15.5. The van der Waals surface area contributed by atoms with Gasteiger partial charge in [0.1, 0.15) is 11.5 Å². The van der Waals surface area contributed by atoms with Crippen LogP contribution in [0.25, 0.3) is 5.32 Å². The fourth-order valence-corrected chi connectivity index (χ4v) is 3.75. The maximum absolute atomic E-state index is 8.49. The Kier molecular flexibility index (Phi) is 20.7. The molecule has 0 radical (unpaired) electrons. The Labute approximate surface area is 328 Å². The first-order chi connectivity index (χ1) is 25.6. The molecule has 2 aromatic heterocycles. The van der Waals surface area contributed by atoms with Crippen molar-refractivity contribution in [2.24, 2.45) is 25.4 Å². The molecule has 6 aromatic rings. The fraction of sp³-hybridized carbons (Fsp3) is 0.0789. The third-order valence-electron chi connectivity index (χ3n) is 6.07. The van der Waals surface area contributed by atoms with Crippen molar-refractivity contribution in [1.82, 2.24) is 9.97 Å². The molecule has 0 aliphatic heterocycles. The van der Waals surface area contributed by atoms with Gasteiger partial charge in [-0.2, -0.15) is 0 Å². The second kappa shape index (κ2) is 25.2. The van der Waals surface area contributed by atoms with Gasteiger partial charge in [-0.05, 0) is 91.1 Å². The molecule has 16 heteroatoms. The standard InChI is InChI=1S/C16H17N2O2.2C11H9N3.ClHO4.Ru/c1-12(17-13-4-8-15(19-2)9-5-13)18-14-6-10-16(20-3)11-7-14;2*1-2-6-10(7-3-1)13-14-11-8-4-5-9-12-11;2-1(3,4)5;/h4-11H,1-3H3;2*1-9H;(H,2,3,4,5);/q-1;;;;+2/p-1. The minimum atomic E-state index is -4.94. The monoisotopic (exact) mass is 836 g/mol. The Morgan fingerprint density at radius 3 is 1.28 bits per heavy atom. The van der Waals surface area contributed by atoms with Crippen LogP contribution in [-0.4, -0.2) is 30.0 Å². The van der Waals surface area contributed by atoms with Crippen molar-refractivity contribution in [3.63, 3.8) is 0 Å². The molecule has 6 rings (SSSR count). The Hall–Kier alpha value is -5.80. The van der Waals surface area contributed by atoms with Gasteiger partial charge in [-0.15, -0.1) is 30.7 Å². The van der Waals surface area contributed by atoms with Gasteiger partial charge in [0.05, 0.1) is 25.6 Å². The molecule has 14 nitrogen and oxygen atoms in total. The van der Waals surface area contributed by atoms with Gasteiger partial charge in [-0.1, -0.05) is 78.6 Å². The van der Waals surface area contributed by atoms with E-state index >= 15 is 0 Å². The molecule has 0 unspecified atom stereocenters. The van der Waals surface area contributed by atoms with Crippen molar-refractivity contribution in [2.45, 2.75) is 6.92 Å². The first-order valence-corrected chi connectivity index (χ1v) is 16.8. The number of hydrogen-bond donors (Lipinski definition) is 0. The summed E-state index contributed by atoms with van der Waals surface area (Å²) in [4.78, 5) is 12.5. The van der Waals surface area contributed by atoms with E-state index in [0.29, 0.717) is 17.5 Å². The van der Waals surface area contributed by atoms with Crippen LogP contribution >= 0.6 is 0 Å². The smallest absolute Gasteiger partial charge is 0.497 e. The van der Waals surface area contributed by atoms with E-state index in [2.05, 4.69) is 40.7 Å². The number of ether oxygens (including phenoxy) is 2. The summed E-state index contributed by atoms with van der Waals surface area (Å²) in [6, 6.07) is 45.3. The van der Waals surface area contributed by atoms with Crippen LogP contribution < -0.4 is 28.1 Å². The molecule has 4 aromatic carbocycles. The van der Waals surface area contributed by atoms with Gasteiger partial charge in [0.2, 0.25) is 0 Å². The van der Waals surface area contributed by atoms with E-state index in [-0.39, 0.29) is 19.5 Å². The zero-order valence-electron chi connectivity index (χ0n) is 29.3. The number of hydrogen-bond acceptors (Lipinski definition) is 13. The molecular formula is C38H35ClN8O6Ru. The van der Waals surface area contributed by atoms with Crippen molar-refractivity contribution in [3.05, 3.63) is 163 Å². The summed E-state index contributed by atoms with van der Waals surface area (Å²) in [5, 5.41) is 20.5.